The first-order valence-electron chi connectivity index (χ1n) is 5.67. The van der Waals surface area contributed by atoms with E-state index >= 15 is 0 Å². The average molecular weight is 193 g/mol. The minimum absolute atomic E-state index is 0.682. The van der Waals surface area contributed by atoms with Crippen LogP contribution < -0.4 is 0 Å². The van der Waals surface area contributed by atoms with E-state index in [1.54, 1.807) is 0 Å². The summed E-state index contributed by atoms with van der Waals surface area (Å²) in [5, 5.41) is 0. The number of hydrogen-bond acceptors (Lipinski definition) is 0. The number of rotatable bonds is 8. The van der Waals surface area contributed by atoms with Crippen molar-refractivity contribution in [2.75, 3.05) is 0 Å². The summed E-state index contributed by atoms with van der Waals surface area (Å²) in [6.45, 7) is 16.2. The lowest BCUT2D eigenvalue weighted by atomic mass is 9.88. The second-order valence-electron chi connectivity index (χ2n) is 4.38. The molecule has 1 unspecified atom stereocenters. The van der Waals surface area contributed by atoms with Crippen molar-refractivity contribution in [3.63, 3.8) is 0 Å². The van der Waals surface area contributed by atoms with E-state index in [0.717, 1.165) is 18.8 Å². The molecule has 0 aliphatic heterocycles. The van der Waals surface area contributed by atoms with Crippen molar-refractivity contribution in [3.8, 4) is 0 Å². The molecule has 0 fully saturated rings. The minimum Gasteiger partial charge on any atom is -0.103 e. The second kappa shape index (κ2) is 7.84. The fraction of sp³-hybridized carbons (Fsp3) is 0.643. The summed E-state index contributed by atoms with van der Waals surface area (Å²) in [6.07, 6.45) is 7.90. The zero-order valence-electron chi connectivity index (χ0n) is 9.89. The molecule has 1 radical (unpaired) electrons. The van der Waals surface area contributed by atoms with Crippen LogP contribution in [-0.2, 0) is 0 Å². The van der Waals surface area contributed by atoms with Gasteiger partial charge in [0.1, 0.15) is 0 Å². The van der Waals surface area contributed by atoms with Crippen LogP contribution in [0.5, 0.6) is 0 Å². The van der Waals surface area contributed by atoms with Crippen molar-refractivity contribution in [1.29, 1.82) is 0 Å². The molecule has 0 nitrogen and oxygen atoms in total. The summed E-state index contributed by atoms with van der Waals surface area (Å²) in [4.78, 5) is 0. The molecule has 0 spiro atoms. The van der Waals surface area contributed by atoms with Gasteiger partial charge >= 0.3 is 0 Å². The Morgan fingerprint density at radius 2 is 1.93 bits per heavy atom. The Morgan fingerprint density at radius 1 is 1.29 bits per heavy atom. The van der Waals surface area contributed by atoms with Crippen LogP contribution in [0.15, 0.2) is 24.8 Å². The normalized spacial score (nSPS) is 14.8. The van der Waals surface area contributed by atoms with Gasteiger partial charge in [-0.2, -0.15) is 0 Å². The van der Waals surface area contributed by atoms with Crippen molar-refractivity contribution in [2.24, 2.45) is 11.8 Å². The van der Waals surface area contributed by atoms with Crippen LogP contribution in [0.2, 0.25) is 0 Å². The fourth-order valence-electron chi connectivity index (χ4n) is 1.59. The third-order valence-corrected chi connectivity index (χ3v) is 2.92. The second-order valence-corrected chi connectivity index (χ2v) is 4.38. The SMILES string of the molecule is [CH2]C[C@H](C)CCC(CCC=C)C(=C)C. The first-order valence-corrected chi connectivity index (χ1v) is 5.67. The molecule has 81 valence electrons. The van der Waals surface area contributed by atoms with E-state index in [2.05, 4.69) is 33.9 Å². The van der Waals surface area contributed by atoms with E-state index in [-0.39, 0.29) is 0 Å². The fourth-order valence-corrected chi connectivity index (χ4v) is 1.59. The molecule has 0 heterocycles. The van der Waals surface area contributed by atoms with E-state index in [1.807, 2.05) is 6.08 Å². The van der Waals surface area contributed by atoms with E-state index < -0.39 is 0 Å². The van der Waals surface area contributed by atoms with Gasteiger partial charge in [-0.1, -0.05) is 44.9 Å². The van der Waals surface area contributed by atoms with Crippen molar-refractivity contribution >= 4 is 0 Å². The Hall–Kier alpha value is -0.520. The highest BCUT2D eigenvalue weighted by molar-refractivity contribution is 4.96. The molecule has 0 aliphatic rings. The standard InChI is InChI=1S/C14H25/c1-6-8-9-14(12(3)4)11-10-13(5)7-2/h6,13-14H,1-3,7-11H2,4-5H3/t13-,14?/m0/s1. The van der Waals surface area contributed by atoms with Crippen LogP contribution >= 0.6 is 0 Å². The minimum atomic E-state index is 0.682. The highest BCUT2D eigenvalue weighted by Gasteiger charge is 2.10. The van der Waals surface area contributed by atoms with Gasteiger partial charge in [0.05, 0.1) is 0 Å². The maximum Gasteiger partial charge on any atom is -0.0206 e. The van der Waals surface area contributed by atoms with Crippen LogP contribution in [-0.4, -0.2) is 0 Å². The van der Waals surface area contributed by atoms with Crippen LogP contribution in [0.25, 0.3) is 0 Å². The lowest BCUT2D eigenvalue weighted by molar-refractivity contribution is 0.431. The Kier molecular flexibility index (Phi) is 7.55. The largest absolute Gasteiger partial charge is 0.103 e. The molecule has 0 N–H and O–H groups in total. The van der Waals surface area contributed by atoms with Crippen LogP contribution in [0.3, 0.4) is 0 Å². The molecular formula is C14H25. The smallest absolute Gasteiger partial charge is 0.0206 e. The van der Waals surface area contributed by atoms with Gasteiger partial charge in [0, 0.05) is 0 Å². The molecule has 0 aliphatic carbocycles. The van der Waals surface area contributed by atoms with Crippen molar-refractivity contribution in [3.05, 3.63) is 31.7 Å². The van der Waals surface area contributed by atoms with Crippen LogP contribution in [0.4, 0.5) is 0 Å². The molecule has 0 saturated heterocycles. The van der Waals surface area contributed by atoms with E-state index in [0.29, 0.717) is 5.92 Å². The zero-order chi connectivity index (χ0) is 11.0. The van der Waals surface area contributed by atoms with Gasteiger partial charge in [-0.25, -0.2) is 0 Å². The van der Waals surface area contributed by atoms with Gasteiger partial charge in [-0.15, -0.1) is 6.58 Å². The molecule has 0 aromatic rings. The van der Waals surface area contributed by atoms with E-state index in [9.17, 15) is 0 Å². The Bertz CT molecular complexity index is 167. The summed E-state index contributed by atoms with van der Waals surface area (Å²) in [7, 11) is 0. The average Bonchev–Trinajstić information content (AvgIpc) is 2.16. The quantitative estimate of drug-likeness (QED) is 0.486. The Labute approximate surface area is 90.1 Å². The molecule has 0 saturated carbocycles. The molecular weight excluding hydrogens is 168 g/mol. The molecule has 0 aromatic heterocycles. The summed E-state index contributed by atoms with van der Waals surface area (Å²) in [5.74, 6) is 1.43. The third-order valence-electron chi connectivity index (χ3n) is 2.92. The summed E-state index contributed by atoms with van der Waals surface area (Å²) < 4.78 is 0. The van der Waals surface area contributed by atoms with Crippen molar-refractivity contribution < 1.29 is 0 Å². The highest BCUT2D eigenvalue weighted by atomic mass is 14.2. The summed E-state index contributed by atoms with van der Waals surface area (Å²) >= 11 is 0. The topological polar surface area (TPSA) is 0 Å². The highest BCUT2D eigenvalue weighted by Crippen LogP contribution is 2.24. The number of hydrogen-bond donors (Lipinski definition) is 0. The van der Waals surface area contributed by atoms with E-state index in [4.69, 9.17) is 0 Å². The molecule has 14 heavy (non-hydrogen) atoms. The molecule has 0 heteroatoms. The van der Waals surface area contributed by atoms with E-state index in [1.165, 1.54) is 24.8 Å². The van der Waals surface area contributed by atoms with Gasteiger partial charge in [0.25, 0.3) is 0 Å². The van der Waals surface area contributed by atoms with Gasteiger partial charge in [-0.05, 0) is 38.0 Å². The van der Waals surface area contributed by atoms with Gasteiger partial charge < -0.3 is 0 Å². The lowest BCUT2D eigenvalue weighted by Crippen LogP contribution is -2.04. The zero-order valence-corrected chi connectivity index (χ0v) is 9.89. The maximum atomic E-state index is 4.06. The van der Waals surface area contributed by atoms with Crippen LogP contribution in [0.1, 0.15) is 46.0 Å². The molecule has 0 amide bonds. The van der Waals surface area contributed by atoms with Crippen LogP contribution in [0, 0.1) is 18.8 Å². The molecule has 0 aromatic carbocycles. The lowest BCUT2D eigenvalue weighted by Gasteiger charge is -2.18. The molecule has 0 rings (SSSR count). The third kappa shape index (κ3) is 6.01. The van der Waals surface area contributed by atoms with Crippen molar-refractivity contribution in [1.82, 2.24) is 0 Å². The van der Waals surface area contributed by atoms with Gasteiger partial charge in [0.2, 0.25) is 0 Å². The van der Waals surface area contributed by atoms with Crippen molar-refractivity contribution in [2.45, 2.75) is 46.0 Å². The predicted molar refractivity (Wildman–Crippen MR) is 66.1 cm³/mol. The molecule has 2 atom stereocenters. The monoisotopic (exact) mass is 193 g/mol. The Morgan fingerprint density at radius 3 is 2.36 bits per heavy atom. The Balaban J connectivity index is 3.84. The summed E-state index contributed by atoms with van der Waals surface area (Å²) in [6, 6.07) is 0. The maximum absolute atomic E-state index is 4.06. The summed E-state index contributed by atoms with van der Waals surface area (Å²) in [5.41, 5.74) is 1.32. The van der Waals surface area contributed by atoms with Gasteiger partial charge in [0.15, 0.2) is 0 Å². The predicted octanol–water partition coefficient (Wildman–Crippen LogP) is 4.79. The first-order chi connectivity index (χ1) is 6.61. The van der Waals surface area contributed by atoms with Gasteiger partial charge in [-0.3, -0.25) is 0 Å². The number of allylic oxidation sites excluding steroid dienone is 2. The first kappa shape index (κ1) is 13.5. The molecule has 0 bridgehead atoms.